The highest BCUT2D eigenvalue weighted by Gasteiger charge is 2.20. The van der Waals surface area contributed by atoms with Crippen LogP contribution in [-0.4, -0.2) is 41.5 Å². The Morgan fingerprint density at radius 2 is 2.31 bits per heavy atom. The summed E-state index contributed by atoms with van der Waals surface area (Å²) in [6, 6.07) is 2.28. The Kier molecular flexibility index (Phi) is 3.51. The lowest BCUT2D eigenvalue weighted by Crippen LogP contribution is -2.44. The molecule has 16 heavy (non-hydrogen) atoms. The molecule has 1 aliphatic heterocycles. The SMILES string of the molecule is CC(C)c1ccnc(C2CN(C)CCN2)n1. The second-order valence-corrected chi connectivity index (χ2v) is 4.76. The molecular weight excluding hydrogens is 200 g/mol. The first-order valence-corrected chi connectivity index (χ1v) is 5.91. The van der Waals surface area contributed by atoms with Gasteiger partial charge in [0.15, 0.2) is 0 Å². The zero-order valence-electron chi connectivity index (χ0n) is 10.3. The number of likely N-dealkylation sites (N-methyl/N-ethyl adjacent to an activating group) is 1. The molecule has 0 radical (unpaired) electrons. The number of hydrogen-bond acceptors (Lipinski definition) is 4. The third kappa shape index (κ3) is 2.57. The number of nitrogens with zero attached hydrogens (tertiary/aromatic N) is 3. The molecule has 1 aromatic rings. The minimum absolute atomic E-state index is 0.275. The first kappa shape index (κ1) is 11.5. The highest BCUT2D eigenvalue weighted by atomic mass is 15.2. The van der Waals surface area contributed by atoms with E-state index in [-0.39, 0.29) is 6.04 Å². The van der Waals surface area contributed by atoms with Crippen molar-refractivity contribution < 1.29 is 0 Å². The lowest BCUT2D eigenvalue weighted by atomic mass is 10.1. The van der Waals surface area contributed by atoms with E-state index >= 15 is 0 Å². The van der Waals surface area contributed by atoms with Gasteiger partial charge < -0.3 is 10.2 Å². The summed E-state index contributed by atoms with van der Waals surface area (Å²) in [4.78, 5) is 11.3. The van der Waals surface area contributed by atoms with Gasteiger partial charge in [0, 0.05) is 31.5 Å². The molecule has 0 spiro atoms. The van der Waals surface area contributed by atoms with E-state index in [9.17, 15) is 0 Å². The molecule has 0 aromatic carbocycles. The topological polar surface area (TPSA) is 41.1 Å². The summed E-state index contributed by atoms with van der Waals surface area (Å²) >= 11 is 0. The molecule has 1 aromatic heterocycles. The second kappa shape index (κ2) is 4.89. The smallest absolute Gasteiger partial charge is 0.146 e. The molecular formula is C12H20N4. The fourth-order valence-electron chi connectivity index (χ4n) is 1.95. The Labute approximate surface area is 97.1 Å². The van der Waals surface area contributed by atoms with Gasteiger partial charge in [0.25, 0.3) is 0 Å². The van der Waals surface area contributed by atoms with Crippen LogP contribution in [0.1, 0.15) is 37.3 Å². The Balaban J connectivity index is 2.16. The van der Waals surface area contributed by atoms with Crippen LogP contribution in [-0.2, 0) is 0 Å². The van der Waals surface area contributed by atoms with Gasteiger partial charge in [-0.25, -0.2) is 9.97 Å². The van der Waals surface area contributed by atoms with Gasteiger partial charge in [-0.1, -0.05) is 13.8 Å². The molecule has 0 aliphatic carbocycles. The molecule has 88 valence electrons. The summed E-state index contributed by atoms with van der Waals surface area (Å²) in [5.41, 5.74) is 1.13. The van der Waals surface area contributed by atoms with Crippen LogP contribution in [0.2, 0.25) is 0 Å². The molecule has 1 unspecified atom stereocenters. The molecule has 1 saturated heterocycles. The molecule has 4 nitrogen and oxygen atoms in total. The molecule has 0 amide bonds. The van der Waals surface area contributed by atoms with Gasteiger partial charge in [0.05, 0.1) is 6.04 Å². The minimum atomic E-state index is 0.275. The van der Waals surface area contributed by atoms with Crippen LogP contribution in [0.25, 0.3) is 0 Å². The van der Waals surface area contributed by atoms with Crippen LogP contribution in [0.5, 0.6) is 0 Å². The van der Waals surface area contributed by atoms with Gasteiger partial charge >= 0.3 is 0 Å². The molecule has 0 saturated carbocycles. The number of rotatable bonds is 2. The van der Waals surface area contributed by atoms with Crippen LogP contribution in [0.15, 0.2) is 12.3 Å². The summed E-state index contributed by atoms with van der Waals surface area (Å²) in [5.74, 6) is 1.39. The van der Waals surface area contributed by atoms with E-state index in [2.05, 4.69) is 41.1 Å². The van der Waals surface area contributed by atoms with Crippen molar-refractivity contribution >= 4 is 0 Å². The van der Waals surface area contributed by atoms with Crippen molar-refractivity contribution in [1.29, 1.82) is 0 Å². The lowest BCUT2D eigenvalue weighted by molar-refractivity contribution is 0.235. The first-order valence-electron chi connectivity index (χ1n) is 5.91. The van der Waals surface area contributed by atoms with E-state index in [1.165, 1.54) is 0 Å². The van der Waals surface area contributed by atoms with Crippen LogP contribution >= 0.6 is 0 Å². The van der Waals surface area contributed by atoms with E-state index in [1.807, 2.05) is 12.3 Å². The third-order valence-electron chi connectivity index (χ3n) is 2.98. The van der Waals surface area contributed by atoms with E-state index in [0.717, 1.165) is 31.2 Å². The Morgan fingerprint density at radius 1 is 1.50 bits per heavy atom. The van der Waals surface area contributed by atoms with Crippen molar-refractivity contribution in [2.75, 3.05) is 26.7 Å². The van der Waals surface area contributed by atoms with Crippen LogP contribution < -0.4 is 5.32 Å². The van der Waals surface area contributed by atoms with Gasteiger partial charge in [-0.05, 0) is 19.0 Å². The molecule has 2 heterocycles. The fraction of sp³-hybridized carbons (Fsp3) is 0.667. The maximum atomic E-state index is 4.63. The highest BCUT2D eigenvalue weighted by molar-refractivity contribution is 5.09. The Bertz CT molecular complexity index is 351. The zero-order chi connectivity index (χ0) is 11.5. The maximum absolute atomic E-state index is 4.63. The third-order valence-corrected chi connectivity index (χ3v) is 2.98. The molecule has 1 N–H and O–H groups in total. The van der Waals surface area contributed by atoms with Crippen LogP contribution in [0, 0.1) is 0 Å². The van der Waals surface area contributed by atoms with Crippen molar-refractivity contribution in [3.8, 4) is 0 Å². The van der Waals surface area contributed by atoms with Crippen LogP contribution in [0.4, 0.5) is 0 Å². The predicted molar refractivity (Wildman–Crippen MR) is 64.4 cm³/mol. The maximum Gasteiger partial charge on any atom is 0.146 e. The van der Waals surface area contributed by atoms with Crippen molar-refractivity contribution in [2.45, 2.75) is 25.8 Å². The summed E-state index contributed by atoms with van der Waals surface area (Å²) in [5, 5.41) is 3.47. The molecule has 0 bridgehead atoms. The normalized spacial score (nSPS) is 22.6. The number of aromatic nitrogens is 2. The molecule has 4 heteroatoms. The summed E-state index contributed by atoms with van der Waals surface area (Å²) < 4.78 is 0. The molecule has 2 rings (SSSR count). The standard InChI is InChI=1S/C12H20N4/c1-9(2)10-4-5-14-12(15-10)11-8-16(3)7-6-13-11/h4-5,9,11,13H,6-8H2,1-3H3. The Hall–Kier alpha value is -1.00. The van der Waals surface area contributed by atoms with E-state index in [0.29, 0.717) is 5.92 Å². The van der Waals surface area contributed by atoms with Gasteiger partial charge in [-0.15, -0.1) is 0 Å². The zero-order valence-corrected chi connectivity index (χ0v) is 10.3. The van der Waals surface area contributed by atoms with Gasteiger partial charge in [-0.2, -0.15) is 0 Å². The van der Waals surface area contributed by atoms with Crippen molar-refractivity contribution in [3.63, 3.8) is 0 Å². The number of piperazine rings is 1. The lowest BCUT2D eigenvalue weighted by Gasteiger charge is -2.30. The van der Waals surface area contributed by atoms with E-state index in [4.69, 9.17) is 0 Å². The quantitative estimate of drug-likeness (QED) is 0.812. The first-order chi connectivity index (χ1) is 7.66. The summed E-state index contributed by atoms with van der Waals surface area (Å²) in [6.45, 7) is 7.41. The fourth-order valence-corrected chi connectivity index (χ4v) is 1.95. The Morgan fingerprint density at radius 3 is 3.00 bits per heavy atom. The summed E-state index contributed by atoms with van der Waals surface area (Å²) in [6.07, 6.45) is 1.87. The molecule has 1 aliphatic rings. The number of hydrogen-bond donors (Lipinski definition) is 1. The highest BCUT2D eigenvalue weighted by Crippen LogP contribution is 2.16. The average molecular weight is 220 g/mol. The van der Waals surface area contributed by atoms with Gasteiger partial charge in [-0.3, -0.25) is 0 Å². The van der Waals surface area contributed by atoms with E-state index < -0.39 is 0 Å². The van der Waals surface area contributed by atoms with Crippen molar-refractivity contribution in [2.24, 2.45) is 0 Å². The predicted octanol–water partition coefficient (Wildman–Crippen LogP) is 1.18. The van der Waals surface area contributed by atoms with Crippen molar-refractivity contribution in [1.82, 2.24) is 20.2 Å². The monoisotopic (exact) mass is 220 g/mol. The van der Waals surface area contributed by atoms with Gasteiger partial charge in [0.1, 0.15) is 5.82 Å². The second-order valence-electron chi connectivity index (χ2n) is 4.76. The number of nitrogens with one attached hydrogen (secondary N) is 1. The largest absolute Gasteiger partial charge is 0.305 e. The molecule has 1 fully saturated rings. The van der Waals surface area contributed by atoms with Gasteiger partial charge in [0.2, 0.25) is 0 Å². The van der Waals surface area contributed by atoms with Crippen molar-refractivity contribution in [3.05, 3.63) is 23.8 Å². The average Bonchev–Trinajstić information content (AvgIpc) is 2.29. The van der Waals surface area contributed by atoms with E-state index in [1.54, 1.807) is 0 Å². The minimum Gasteiger partial charge on any atom is -0.305 e. The van der Waals surface area contributed by atoms with Crippen LogP contribution in [0.3, 0.4) is 0 Å². The summed E-state index contributed by atoms with van der Waals surface area (Å²) in [7, 11) is 2.14. The molecule has 1 atom stereocenters.